The molecular formula is C26H25FN4O4. The zero-order chi connectivity index (χ0) is 24.8. The number of benzene rings is 3. The second kappa shape index (κ2) is 10.8. The summed E-state index contributed by atoms with van der Waals surface area (Å²) in [6.07, 6.45) is 0. The summed E-state index contributed by atoms with van der Waals surface area (Å²) < 4.78 is 31.1. The van der Waals surface area contributed by atoms with E-state index < -0.39 is 0 Å². The topological polar surface area (TPSA) is 87.5 Å². The number of rotatable bonds is 9. The highest BCUT2D eigenvalue weighted by molar-refractivity contribution is 6.04. The lowest BCUT2D eigenvalue weighted by molar-refractivity contribution is 0.102. The molecule has 180 valence electrons. The minimum Gasteiger partial charge on any atom is -0.497 e. The summed E-state index contributed by atoms with van der Waals surface area (Å²) in [6, 6.07) is 19.1. The highest BCUT2D eigenvalue weighted by atomic mass is 19.1. The van der Waals surface area contributed by atoms with Crippen LogP contribution in [0.4, 0.5) is 10.1 Å². The second-order valence-corrected chi connectivity index (χ2v) is 7.66. The van der Waals surface area contributed by atoms with Crippen molar-refractivity contribution in [1.29, 1.82) is 0 Å². The number of aryl methyl sites for hydroxylation is 1. The van der Waals surface area contributed by atoms with E-state index in [1.807, 2.05) is 36.4 Å². The second-order valence-electron chi connectivity index (χ2n) is 7.66. The SMILES string of the molecule is COCCOc1nc(-c2ccc(OC)cc2)n(-c2ccc(NC(=O)c3ccc(F)c(C)c3)cc2)n1. The van der Waals surface area contributed by atoms with E-state index in [9.17, 15) is 9.18 Å². The third kappa shape index (κ3) is 5.64. The monoisotopic (exact) mass is 476 g/mol. The third-order valence-corrected chi connectivity index (χ3v) is 5.24. The number of aromatic nitrogens is 3. The molecule has 0 atom stereocenters. The van der Waals surface area contributed by atoms with Gasteiger partial charge in [-0.3, -0.25) is 4.79 Å². The van der Waals surface area contributed by atoms with Gasteiger partial charge < -0.3 is 19.5 Å². The van der Waals surface area contributed by atoms with Gasteiger partial charge in [0.2, 0.25) is 0 Å². The normalized spacial score (nSPS) is 10.7. The summed E-state index contributed by atoms with van der Waals surface area (Å²) in [7, 11) is 3.20. The molecule has 1 amide bonds. The Morgan fingerprint density at radius 3 is 2.40 bits per heavy atom. The van der Waals surface area contributed by atoms with Crippen LogP contribution in [0.25, 0.3) is 17.1 Å². The number of hydrogen-bond acceptors (Lipinski definition) is 6. The largest absolute Gasteiger partial charge is 0.497 e. The van der Waals surface area contributed by atoms with E-state index in [0.717, 1.165) is 17.0 Å². The molecule has 0 fully saturated rings. The Balaban J connectivity index is 1.59. The molecule has 4 aromatic rings. The summed E-state index contributed by atoms with van der Waals surface area (Å²) in [5.74, 6) is 0.637. The van der Waals surface area contributed by atoms with Crippen molar-refractivity contribution in [1.82, 2.24) is 14.8 Å². The summed E-state index contributed by atoms with van der Waals surface area (Å²) in [6.45, 7) is 2.34. The van der Waals surface area contributed by atoms with Gasteiger partial charge >= 0.3 is 6.01 Å². The summed E-state index contributed by atoms with van der Waals surface area (Å²) in [5, 5.41) is 7.32. The molecule has 1 N–H and O–H groups in total. The molecular weight excluding hydrogens is 451 g/mol. The van der Waals surface area contributed by atoms with Crippen LogP contribution in [-0.4, -0.2) is 48.1 Å². The Morgan fingerprint density at radius 2 is 1.74 bits per heavy atom. The quantitative estimate of drug-likeness (QED) is 0.353. The number of ether oxygens (including phenoxy) is 3. The smallest absolute Gasteiger partial charge is 0.336 e. The van der Waals surface area contributed by atoms with Gasteiger partial charge in [0.25, 0.3) is 5.91 Å². The Bertz CT molecular complexity index is 1300. The first-order chi connectivity index (χ1) is 17.0. The maximum absolute atomic E-state index is 13.5. The fraction of sp³-hybridized carbons (Fsp3) is 0.192. The lowest BCUT2D eigenvalue weighted by Crippen LogP contribution is -2.12. The first kappa shape index (κ1) is 23.9. The fourth-order valence-electron chi connectivity index (χ4n) is 3.35. The Hall–Kier alpha value is -4.24. The van der Waals surface area contributed by atoms with Crippen LogP contribution in [-0.2, 0) is 4.74 Å². The fourth-order valence-corrected chi connectivity index (χ4v) is 3.35. The lowest BCUT2D eigenvalue weighted by Gasteiger charge is -2.09. The number of nitrogens with zero attached hydrogens (tertiary/aromatic N) is 3. The maximum atomic E-state index is 13.5. The van der Waals surface area contributed by atoms with E-state index in [0.29, 0.717) is 35.9 Å². The van der Waals surface area contributed by atoms with Crippen LogP contribution >= 0.6 is 0 Å². The van der Waals surface area contributed by atoms with Gasteiger partial charge in [-0.1, -0.05) is 0 Å². The van der Waals surface area contributed by atoms with Crippen molar-refractivity contribution in [3.63, 3.8) is 0 Å². The first-order valence-corrected chi connectivity index (χ1v) is 10.9. The van der Waals surface area contributed by atoms with Crippen molar-refractivity contribution in [3.05, 3.63) is 83.7 Å². The number of hydrogen-bond donors (Lipinski definition) is 1. The van der Waals surface area contributed by atoms with Crippen LogP contribution in [0.3, 0.4) is 0 Å². The number of methoxy groups -OCH3 is 2. The minimum atomic E-state index is -0.350. The van der Waals surface area contributed by atoms with Gasteiger partial charge in [0.15, 0.2) is 5.82 Å². The van der Waals surface area contributed by atoms with E-state index in [1.165, 1.54) is 18.2 Å². The van der Waals surface area contributed by atoms with Crippen LogP contribution in [0.2, 0.25) is 0 Å². The van der Waals surface area contributed by atoms with Gasteiger partial charge in [-0.25, -0.2) is 9.07 Å². The van der Waals surface area contributed by atoms with Crippen LogP contribution < -0.4 is 14.8 Å². The van der Waals surface area contributed by atoms with Crippen LogP contribution in [0.1, 0.15) is 15.9 Å². The van der Waals surface area contributed by atoms with E-state index in [2.05, 4.69) is 15.4 Å². The maximum Gasteiger partial charge on any atom is 0.336 e. The molecule has 9 heteroatoms. The molecule has 0 aliphatic rings. The van der Waals surface area contributed by atoms with Crippen molar-refractivity contribution >= 4 is 11.6 Å². The molecule has 0 aliphatic heterocycles. The molecule has 0 saturated heterocycles. The van der Waals surface area contributed by atoms with Crippen molar-refractivity contribution in [2.24, 2.45) is 0 Å². The molecule has 8 nitrogen and oxygen atoms in total. The molecule has 0 radical (unpaired) electrons. The molecule has 0 saturated carbocycles. The third-order valence-electron chi connectivity index (χ3n) is 5.24. The predicted octanol–water partition coefficient (Wildman–Crippen LogP) is 4.67. The van der Waals surface area contributed by atoms with Crippen LogP contribution in [0.15, 0.2) is 66.7 Å². The van der Waals surface area contributed by atoms with Gasteiger partial charge in [0.05, 0.1) is 19.4 Å². The molecule has 1 heterocycles. The number of carbonyl (C=O) groups excluding carboxylic acids is 1. The summed E-state index contributed by atoms with van der Waals surface area (Å²) in [5.41, 5.74) is 2.92. The zero-order valence-corrected chi connectivity index (χ0v) is 19.6. The van der Waals surface area contributed by atoms with Crippen molar-refractivity contribution < 1.29 is 23.4 Å². The molecule has 0 bridgehead atoms. The average molecular weight is 477 g/mol. The van der Waals surface area contributed by atoms with E-state index in [1.54, 1.807) is 38.0 Å². The van der Waals surface area contributed by atoms with Crippen molar-refractivity contribution in [3.8, 4) is 28.8 Å². The summed E-state index contributed by atoms with van der Waals surface area (Å²) >= 11 is 0. The molecule has 0 spiro atoms. The van der Waals surface area contributed by atoms with Crippen molar-refractivity contribution in [2.45, 2.75) is 6.92 Å². The lowest BCUT2D eigenvalue weighted by atomic mass is 10.1. The van der Waals surface area contributed by atoms with Crippen LogP contribution in [0, 0.1) is 12.7 Å². The van der Waals surface area contributed by atoms with E-state index >= 15 is 0 Å². The van der Waals surface area contributed by atoms with E-state index in [-0.39, 0.29) is 17.7 Å². The molecule has 0 unspecified atom stereocenters. The summed E-state index contributed by atoms with van der Waals surface area (Å²) in [4.78, 5) is 17.1. The number of amides is 1. The molecule has 35 heavy (non-hydrogen) atoms. The first-order valence-electron chi connectivity index (χ1n) is 10.9. The highest BCUT2D eigenvalue weighted by Crippen LogP contribution is 2.26. The number of carbonyl (C=O) groups is 1. The zero-order valence-electron chi connectivity index (χ0n) is 19.6. The Morgan fingerprint density at radius 1 is 1.00 bits per heavy atom. The van der Waals surface area contributed by atoms with Gasteiger partial charge in [0.1, 0.15) is 18.2 Å². The number of halogens is 1. The average Bonchev–Trinajstić information content (AvgIpc) is 3.30. The predicted molar refractivity (Wildman–Crippen MR) is 130 cm³/mol. The van der Waals surface area contributed by atoms with Gasteiger partial charge in [-0.2, -0.15) is 4.98 Å². The minimum absolute atomic E-state index is 0.219. The van der Waals surface area contributed by atoms with Crippen molar-refractivity contribution in [2.75, 3.05) is 32.8 Å². The van der Waals surface area contributed by atoms with Gasteiger partial charge in [-0.15, -0.1) is 5.10 Å². The molecule has 1 aromatic heterocycles. The molecule has 0 aliphatic carbocycles. The molecule has 4 rings (SSSR count). The standard InChI is InChI=1S/C26H25FN4O4/c1-17-16-19(6-13-23(17)27)25(32)28-20-7-9-21(10-8-20)31-24(18-4-11-22(34-3)12-5-18)29-26(30-31)35-15-14-33-2/h4-13,16H,14-15H2,1-3H3,(H,28,32). The van der Waals surface area contributed by atoms with Gasteiger partial charge in [-0.05, 0) is 79.2 Å². The number of nitrogens with one attached hydrogen (secondary N) is 1. The highest BCUT2D eigenvalue weighted by Gasteiger charge is 2.16. The Kier molecular flexibility index (Phi) is 7.37. The number of anilines is 1. The van der Waals surface area contributed by atoms with E-state index in [4.69, 9.17) is 14.2 Å². The Labute approximate surface area is 202 Å². The van der Waals surface area contributed by atoms with Gasteiger partial charge in [0, 0.05) is 23.9 Å². The van der Waals surface area contributed by atoms with Crippen LogP contribution in [0.5, 0.6) is 11.8 Å². The molecule has 3 aromatic carbocycles.